The Balaban J connectivity index is 1.01. The van der Waals surface area contributed by atoms with Crippen LogP contribution >= 0.6 is 11.3 Å². The molecule has 0 atom stereocenters. The van der Waals surface area contributed by atoms with E-state index in [4.69, 9.17) is 15.0 Å². The Morgan fingerprint density at radius 2 is 0.764 bits per heavy atom. The number of hydrogen-bond donors (Lipinski definition) is 0. The predicted octanol–water partition coefficient (Wildman–Crippen LogP) is 13.4. The third kappa shape index (κ3) is 5.36. The normalized spacial score (nSPS) is 11.6. The maximum Gasteiger partial charge on any atom is 0.164 e. The molecule has 0 aliphatic heterocycles. The maximum atomic E-state index is 5.02. The molecule has 0 unspecified atom stereocenters. The molecule has 3 aromatic heterocycles. The summed E-state index contributed by atoms with van der Waals surface area (Å²) in [5.41, 5.74) is 7.34. The zero-order valence-electron chi connectivity index (χ0n) is 29.5. The minimum Gasteiger partial charge on any atom is -0.265 e. The van der Waals surface area contributed by atoms with Crippen LogP contribution in [-0.2, 0) is 0 Å². The van der Waals surface area contributed by atoms with Crippen molar-refractivity contribution >= 4 is 63.8 Å². The molecular weight excluding hydrogens is 689 g/mol. The minimum absolute atomic E-state index is 0.635. The number of pyridine rings is 1. The van der Waals surface area contributed by atoms with E-state index in [1.54, 1.807) is 0 Å². The molecule has 0 saturated heterocycles. The molecule has 0 fully saturated rings. The van der Waals surface area contributed by atoms with Crippen molar-refractivity contribution in [3.05, 3.63) is 182 Å². The molecule has 0 saturated carbocycles. The second-order valence-electron chi connectivity index (χ2n) is 13.8. The highest BCUT2D eigenvalue weighted by molar-refractivity contribution is 7.26. The Morgan fingerprint density at radius 3 is 1.44 bits per heavy atom. The molecule has 8 aromatic carbocycles. The van der Waals surface area contributed by atoms with Gasteiger partial charge in [-0.1, -0.05) is 146 Å². The van der Waals surface area contributed by atoms with Gasteiger partial charge in [-0.25, -0.2) is 15.0 Å². The first kappa shape index (κ1) is 31.4. The van der Waals surface area contributed by atoms with Gasteiger partial charge in [0.05, 0.1) is 0 Å². The lowest BCUT2D eigenvalue weighted by molar-refractivity contribution is 1.07. The summed E-state index contributed by atoms with van der Waals surface area (Å²) in [5.74, 6) is 1.91. The van der Waals surface area contributed by atoms with Crippen LogP contribution < -0.4 is 0 Å². The molecule has 11 rings (SSSR count). The second kappa shape index (κ2) is 12.8. The average molecular weight is 719 g/mol. The van der Waals surface area contributed by atoms with Crippen LogP contribution in [0.3, 0.4) is 0 Å². The monoisotopic (exact) mass is 718 g/mol. The summed E-state index contributed by atoms with van der Waals surface area (Å²) in [6.45, 7) is 0. The Hall–Kier alpha value is -7.08. The van der Waals surface area contributed by atoms with Crippen LogP contribution in [0.2, 0.25) is 0 Å². The van der Waals surface area contributed by atoms with Crippen molar-refractivity contribution in [2.75, 3.05) is 0 Å². The molecule has 0 aliphatic rings. The van der Waals surface area contributed by atoms with Crippen molar-refractivity contribution in [3.63, 3.8) is 0 Å². The second-order valence-corrected chi connectivity index (χ2v) is 14.9. The highest BCUT2D eigenvalue weighted by Gasteiger charge is 2.16. The topological polar surface area (TPSA) is 51.6 Å². The molecule has 11 aromatic rings. The quantitative estimate of drug-likeness (QED) is 0.166. The van der Waals surface area contributed by atoms with Crippen LogP contribution in [-0.4, -0.2) is 19.9 Å². The standard InChI is InChI=1S/C50H30N4S/c1-2-8-34(9-3-1)48-52-49(35-18-14-31(15-19-35)33-26-28-51-29-27-33)54-50(53-48)36-20-16-32(17-21-36)37-22-23-42-44(30-37)39-11-5-4-10-38(39)41-24-25-43-40-12-6-7-13-45(40)55-47(43)46(41)42/h1-30H. The smallest absolute Gasteiger partial charge is 0.164 e. The molecule has 0 N–H and O–H groups in total. The number of nitrogens with zero attached hydrogens (tertiary/aromatic N) is 4. The fourth-order valence-electron chi connectivity index (χ4n) is 7.92. The maximum absolute atomic E-state index is 5.02. The molecule has 256 valence electrons. The van der Waals surface area contributed by atoms with Crippen LogP contribution in [0.1, 0.15) is 0 Å². The molecular formula is C50H30N4S. The fraction of sp³-hybridized carbons (Fsp3) is 0. The number of fused-ring (bicyclic) bond motifs is 10. The van der Waals surface area contributed by atoms with E-state index in [2.05, 4.69) is 132 Å². The number of benzene rings is 8. The minimum atomic E-state index is 0.635. The van der Waals surface area contributed by atoms with Crippen molar-refractivity contribution in [1.29, 1.82) is 0 Å². The van der Waals surface area contributed by atoms with Crippen LogP contribution in [0.25, 0.3) is 109 Å². The van der Waals surface area contributed by atoms with Crippen molar-refractivity contribution in [2.45, 2.75) is 0 Å². The van der Waals surface area contributed by atoms with Gasteiger partial charge in [0.1, 0.15) is 0 Å². The van der Waals surface area contributed by atoms with E-state index in [1.165, 1.54) is 58.1 Å². The fourth-order valence-corrected chi connectivity index (χ4v) is 9.18. The molecule has 0 amide bonds. The summed E-state index contributed by atoms with van der Waals surface area (Å²) >= 11 is 1.89. The van der Waals surface area contributed by atoms with Crippen LogP contribution in [0.4, 0.5) is 0 Å². The molecule has 0 bridgehead atoms. The van der Waals surface area contributed by atoms with Crippen molar-refractivity contribution < 1.29 is 0 Å². The summed E-state index contributed by atoms with van der Waals surface area (Å²) in [5, 5.41) is 10.4. The summed E-state index contributed by atoms with van der Waals surface area (Å²) < 4.78 is 2.67. The highest BCUT2D eigenvalue weighted by Crippen LogP contribution is 2.45. The molecule has 55 heavy (non-hydrogen) atoms. The van der Waals surface area contributed by atoms with Gasteiger partial charge in [-0.2, -0.15) is 0 Å². The first-order valence-corrected chi connectivity index (χ1v) is 19.2. The van der Waals surface area contributed by atoms with Gasteiger partial charge in [0, 0.05) is 54.6 Å². The first-order chi connectivity index (χ1) is 27.2. The molecule has 3 heterocycles. The van der Waals surface area contributed by atoms with Gasteiger partial charge in [0.2, 0.25) is 0 Å². The zero-order valence-corrected chi connectivity index (χ0v) is 30.3. The lowest BCUT2D eigenvalue weighted by Gasteiger charge is -2.13. The largest absolute Gasteiger partial charge is 0.265 e. The molecule has 5 heteroatoms. The zero-order chi connectivity index (χ0) is 36.3. The number of rotatable bonds is 5. The Bertz CT molecular complexity index is 3230. The lowest BCUT2D eigenvalue weighted by atomic mass is 9.91. The third-order valence-corrected chi connectivity index (χ3v) is 11.8. The van der Waals surface area contributed by atoms with E-state index in [0.717, 1.165) is 33.4 Å². The van der Waals surface area contributed by atoms with Gasteiger partial charge in [-0.05, 0) is 73.5 Å². The van der Waals surface area contributed by atoms with Gasteiger partial charge in [0.25, 0.3) is 0 Å². The predicted molar refractivity (Wildman–Crippen MR) is 230 cm³/mol. The van der Waals surface area contributed by atoms with Gasteiger partial charge < -0.3 is 0 Å². The molecule has 0 aliphatic carbocycles. The summed E-state index contributed by atoms with van der Waals surface area (Å²) in [4.78, 5) is 19.1. The summed E-state index contributed by atoms with van der Waals surface area (Å²) in [7, 11) is 0. The van der Waals surface area contributed by atoms with Gasteiger partial charge >= 0.3 is 0 Å². The van der Waals surface area contributed by atoms with E-state index in [-0.39, 0.29) is 0 Å². The van der Waals surface area contributed by atoms with Crippen molar-refractivity contribution in [2.24, 2.45) is 0 Å². The Morgan fingerprint density at radius 1 is 0.309 bits per heavy atom. The van der Waals surface area contributed by atoms with E-state index >= 15 is 0 Å². The van der Waals surface area contributed by atoms with Crippen LogP contribution in [0.5, 0.6) is 0 Å². The SMILES string of the molecule is c1ccc(-c2nc(-c3ccc(-c4ccncc4)cc3)nc(-c3ccc(-c4ccc5c(c4)c4ccccc4c4ccc6c7ccccc7sc6c45)cc3)n2)cc1. The van der Waals surface area contributed by atoms with E-state index in [1.807, 2.05) is 66.2 Å². The lowest BCUT2D eigenvalue weighted by Crippen LogP contribution is -2.00. The van der Waals surface area contributed by atoms with Crippen LogP contribution in [0.15, 0.2) is 182 Å². The number of hydrogen-bond acceptors (Lipinski definition) is 5. The third-order valence-electron chi connectivity index (χ3n) is 10.6. The van der Waals surface area contributed by atoms with Crippen molar-refractivity contribution in [3.8, 4) is 56.4 Å². The van der Waals surface area contributed by atoms with Crippen molar-refractivity contribution in [1.82, 2.24) is 19.9 Å². The van der Waals surface area contributed by atoms with Gasteiger partial charge in [-0.15, -0.1) is 11.3 Å². The van der Waals surface area contributed by atoms with Gasteiger partial charge in [0.15, 0.2) is 17.5 Å². The number of aromatic nitrogens is 4. The molecule has 0 spiro atoms. The number of thiophene rings is 1. The Kier molecular flexibility index (Phi) is 7.32. The van der Waals surface area contributed by atoms with E-state index in [0.29, 0.717) is 17.5 Å². The average Bonchev–Trinajstić information content (AvgIpc) is 3.66. The van der Waals surface area contributed by atoms with E-state index in [9.17, 15) is 0 Å². The molecule has 0 radical (unpaired) electrons. The van der Waals surface area contributed by atoms with E-state index < -0.39 is 0 Å². The molecule has 4 nitrogen and oxygen atoms in total. The Labute approximate surface area is 321 Å². The van der Waals surface area contributed by atoms with Gasteiger partial charge in [-0.3, -0.25) is 4.98 Å². The summed E-state index contributed by atoms with van der Waals surface area (Å²) in [6.07, 6.45) is 3.62. The van der Waals surface area contributed by atoms with Crippen LogP contribution in [0, 0.1) is 0 Å². The highest BCUT2D eigenvalue weighted by atomic mass is 32.1. The first-order valence-electron chi connectivity index (χ1n) is 18.4. The summed E-state index contributed by atoms with van der Waals surface area (Å²) in [6, 6.07) is 60.2.